The predicted octanol–water partition coefficient (Wildman–Crippen LogP) is 3.43. The molecule has 3 N–H and O–H groups in total. The Kier molecular flexibility index (Phi) is 5.11. The maximum atomic E-state index is 13.2. The average molecular weight is 294 g/mol. The maximum absolute atomic E-state index is 13.2. The van der Waals surface area contributed by atoms with Crippen LogP contribution in [0.2, 0.25) is 0 Å². The summed E-state index contributed by atoms with van der Waals surface area (Å²) in [4.78, 5) is 1.16. The third kappa shape index (κ3) is 3.56. The van der Waals surface area contributed by atoms with E-state index in [9.17, 15) is 8.78 Å². The molecule has 0 aromatic heterocycles. The van der Waals surface area contributed by atoms with Crippen molar-refractivity contribution in [2.45, 2.75) is 17.4 Å². The van der Waals surface area contributed by atoms with E-state index in [-0.39, 0.29) is 6.04 Å². The summed E-state index contributed by atoms with van der Waals surface area (Å²) in [6, 6.07) is 11.7. The average Bonchev–Trinajstić information content (AvgIpc) is 2.48. The van der Waals surface area contributed by atoms with E-state index in [1.165, 1.54) is 6.07 Å². The SMILES string of the molecule is CSc1ccc(C(Cc2ccc(F)c(F)c2)NN)cc1. The van der Waals surface area contributed by atoms with Gasteiger partial charge in [-0.25, -0.2) is 8.78 Å². The van der Waals surface area contributed by atoms with Gasteiger partial charge in [-0.1, -0.05) is 18.2 Å². The number of thioether (sulfide) groups is 1. The molecule has 0 aliphatic heterocycles. The molecule has 5 heteroatoms. The van der Waals surface area contributed by atoms with E-state index in [1.807, 2.05) is 30.5 Å². The lowest BCUT2D eigenvalue weighted by Crippen LogP contribution is -2.29. The third-order valence-electron chi connectivity index (χ3n) is 3.14. The molecule has 2 rings (SSSR count). The number of hydrazine groups is 1. The van der Waals surface area contributed by atoms with Crippen molar-refractivity contribution in [3.63, 3.8) is 0 Å². The first-order valence-electron chi connectivity index (χ1n) is 6.18. The largest absolute Gasteiger partial charge is 0.271 e. The molecule has 0 heterocycles. The highest BCUT2D eigenvalue weighted by Gasteiger charge is 2.12. The first-order chi connectivity index (χ1) is 9.63. The van der Waals surface area contributed by atoms with Gasteiger partial charge in [-0.2, -0.15) is 0 Å². The van der Waals surface area contributed by atoms with Crippen LogP contribution in [0.1, 0.15) is 17.2 Å². The van der Waals surface area contributed by atoms with Crippen LogP contribution in [0, 0.1) is 11.6 Å². The lowest BCUT2D eigenvalue weighted by molar-refractivity contribution is 0.502. The molecule has 0 spiro atoms. The van der Waals surface area contributed by atoms with Gasteiger partial charge in [0.25, 0.3) is 0 Å². The molecule has 0 radical (unpaired) electrons. The molecule has 0 aliphatic rings. The summed E-state index contributed by atoms with van der Waals surface area (Å²) in [5.74, 6) is 3.89. The maximum Gasteiger partial charge on any atom is 0.159 e. The van der Waals surface area contributed by atoms with E-state index in [0.29, 0.717) is 12.0 Å². The molecule has 2 nitrogen and oxygen atoms in total. The zero-order chi connectivity index (χ0) is 14.5. The molecular formula is C15H16F2N2S. The number of nitrogens with one attached hydrogen (secondary N) is 1. The number of nitrogens with two attached hydrogens (primary N) is 1. The Morgan fingerprint density at radius 3 is 2.35 bits per heavy atom. The van der Waals surface area contributed by atoms with Crippen LogP contribution >= 0.6 is 11.8 Å². The van der Waals surface area contributed by atoms with Crippen molar-refractivity contribution in [3.8, 4) is 0 Å². The fourth-order valence-electron chi connectivity index (χ4n) is 2.01. The third-order valence-corrected chi connectivity index (χ3v) is 3.89. The second-order valence-corrected chi connectivity index (χ2v) is 5.32. The fourth-order valence-corrected chi connectivity index (χ4v) is 2.42. The van der Waals surface area contributed by atoms with E-state index in [1.54, 1.807) is 17.8 Å². The zero-order valence-corrected chi connectivity index (χ0v) is 11.9. The predicted molar refractivity (Wildman–Crippen MR) is 78.3 cm³/mol. The van der Waals surface area contributed by atoms with Gasteiger partial charge in [-0.05, 0) is 48.1 Å². The van der Waals surface area contributed by atoms with Crippen molar-refractivity contribution in [1.82, 2.24) is 5.43 Å². The van der Waals surface area contributed by atoms with Gasteiger partial charge in [0.15, 0.2) is 11.6 Å². The van der Waals surface area contributed by atoms with Crippen LogP contribution in [-0.4, -0.2) is 6.26 Å². The van der Waals surface area contributed by atoms with Crippen LogP contribution in [-0.2, 0) is 6.42 Å². The van der Waals surface area contributed by atoms with Crippen molar-refractivity contribution in [2.75, 3.05) is 6.26 Å². The van der Waals surface area contributed by atoms with Gasteiger partial charge in [-0.3, -0.25) is 11.3 Å². The fraction of sp³-hybridized carbons (Fsp3) is 0.200. The molecule has 1 unspecified atom stereocenters. The molecule has 0 bridgehead atoms. The van der Waals surface area contributed by atoms with Crippen LogP contribution in [0.15, 0.2) is 47.4 Å². The molecule has 1 atom stereocenters. The highest BCUT2D eigenvalue weighted by molar-refractivity contribution is 7.98. The molecule has 0 aliphatic carbocycles. The molecule has 20 heavy (non-hydrogen) atoms. The van der Waals surface area contributed by atoms with Crippen LogP contribution in [0.25, 0.3) is 0 Å². The summed E-state index contributed by atoms with van der Waals surface area (Å²) in [5.41, 5.74) is 4.42. The first kappa shape index (κ1) is 15.0. The summed E-state index contributed by atoms with van der Waals surface area (Å²) in [7, 11) is 0. The Morgan fingerprint density at radius 2 is 1.80 bits per heavy atom. The molecule has 2 aromatic rings. The lowest BCUT2D eigenvalue weighted by atomic mass is 9.99. The molecule has 0 fully saturated rings. The minimum atomic E-state index is -0.838. The molecule has 0 saturated heterocycles. The van der Waals surface area contributed by atoms with Crippen LogP contribution in [0.4, 0.5) is 8.78 Å². The van der Waals surface area contributed by atoms with Gasteiger partial charge in [0, 0.05) is 10.9 Å². The van der Waals surface area contributed by atoms with Crippen molar-refractivity contribution in [1.29, 1.82) is 0 Å². The van der Waals surface area contributed by atoms with Crippen molar-refractivity contribution in [3.05, 3.63) is 65.2 Å². The Bertz CT molecular complexity index is 573. The smallest absolute Gasteiger partial charge is 0.159 e. The second-order valence-electron chi connectivity index (χ2n) is 4.44. The molecular weight excluding hydrogens is 278 g/mol. The van der Waals surface area contributed by atoms with Gasteiger partial charge in [0.05, 0.1) is 0 Å². The number of halogens is 2. The molecule has 0 saturated carbocycles. The van der Waals surface area contributed by atoms with Crippen LogP contribution in [0.5, 0.6) is 0 Å². The van der Waals surface area contributed by atoms with E-state index in [0.717, 1.165) is 16.5 Å². The van der Waals surface area contributed by atoms with E-state index >= 15 is 0 Å². The standard InChI is InChI=1S/C15H16F2N2S/c1-20-12-5-3-11(4-6-12)15(19-18)9-10-2-7-13(16)14(17)8-10/h2-8,15,19H,9,18H2,1H3. The second kappa shape index (κ2) is 6.83. The van der Waals surface area contributed by atoms with Crippen LogP contribution in [0.3, 0.4) is 0 Å². The minimum absolute atomic E-state index is 0.143. The summed E-state index contributed by atoms with van der Waals surface area (Å²) < 4.78 is 26.1. The lowest BCUT2D eigenvalue weighted by Gasteiger charge is -2.17. The van der Waals surface area contributed by atoms with E-state index < -0.39 is 11.6 Å². The number of hydrogen-bond donors (Lipinski definition) is 2. The van der Waals surface area contributed by atoms with Crippen LogP contribution < -0.4 is 11.3 Å². The Labute approximate surface area is 121 Å². The van der Waals surface area contributed by atoms with Gasteiger partial charge >= 0.3 is 0 Å². The first-order valence-corrected chi connectivity index (χ1v) is 7.40. The normalized spacial score (nSPS) is 12.4. The number of rotatable bonds is 5. The topological polar surface area (TPSA) is 38.0 Å². The highest BCUT2D eigenvalue weighted by atomic mass is 32.2. The van der Waals surface area contributed by atoms with Crippen molar-refractivity contribution >= 4 is 11.8 Å². The van der Waals surface area contributed by atoms with Gasteiger partial charge in [0.2, 0.25) is 0 Å². The van der Waals surface area contributed by atoms with E-state index in [2.05, 4.69) is 5.43 Å². The summed E-state index contributed by atoms with van der Waals surface area (Å²) in [6.45, 7) is 0. The minimum Gasteiger partial charge on any atom is -0.271 e. The summed E-state index contributed by atoms with van der Waals surface area (Å²) in [5, 5.41) is 0. The number of hydrogen-bond acceptors (Lipinski definition) is 3. The quantitative estimate of drug-likeness (QED) is 0.504. The Balaban J connectivity index is 2.16. The van der Waals surface area contributed by atoms with Crippen molar-refractivity contribution < 1.29 is 8.78 Å². The summed E-state index contributed by atoms with van der Waals surface area (Å²) in [6.07, 6.45) is 2.50. The molecule has 0 amide bonds. The van der Waals surface area contributed by atoms with Gasteiger partial charge < -0.3 is 0 Å². The number of benzene rings is 2. The Morgan fingerprint density at radius 1 is 1.10 bits per heavy atom. The Hall–Kier alpha value is -1.43. The van der Waals surface area contributed by atoms with E-state index in [4.69, 9.17) is 5.84 Å². The highest BCUT2D eigenvalue weighted by Crippen LogP contribution is 2.22. The van der Waals surface area contributed by atoms with Crippen molar-refractivity contribution in [2.24, 2.45) is 5.84 Å². The molecule has 2 aromatic carbocycles. The molecule has 106 valence electrons. The van der Waals surface area contributed by atoms with Gasteiger partial charge in [-0.15, -0.1) is 11.8 Å². The summed E-state index contributed by atoms with van der Waals surface area (Å²) >= 11 is 1.66. The zero-order valence-electron chi connectivity index (χ0n) is 11.1. The van der Waals surface area contributed by atoms with Gasteiger partial charge in [0.1, 0.15) is 0 Å². The monoisotopic (exact) mass is 294 g/mol.